The van der Waals surface area contributed by atoms with Crippen LogP contribution in [0.25, 0.3) is 10.6 Å². The summed E-state index contributed by atoms with van der Waals surface area (Å²) in [7, 11) is 1.77. The third-order valence-electron chi connectivity index (χ3n) is 3.44. The molecule has 3 rings (SSSR count). The maximum Gasteiger partial charge on any atom is 0.254 e. The lowest BCUT2D eigenvalue weighted by Crippen LogP contribution is -2.43. The summed E-state index contributed by atoms with van der Waals surface area (Å²) in [5.41, 5.74) is 1.98. The van der Waals surface area contributed by atoms with E-state index in [1.807, 2.05) is 35.7 Å². The summed E-state index contributed by atoms with van der Waals surface area (Å²) < 4.78 is 10.7. The van der Waals surface area contributed by atoms with E-state index in [1.54, 1.807) is 23.3 Å². The van der Waals surface area contributed by atoms with E-state index >= 15 is 0 Å². The van der Waals surface area contributed by atoms with Crippen LogP contribution in [0.15, 0.2) is 35.7 Å². The first-order valence-corrected chi connectivity index (χ1v) is 8.06. The molecular formula is C16H18N2O3S. The van der Waals surface area contributed by atoms with Crippen LogP contribution in [0.5, 0.6) is 0 Å². The van der Waals surface area contributed by atoms with Crippen LogP contribution in [-0.2, 0) is 20.8 Å². The van der Waals surface area contributed by atoms with Gasteiger partial charge in [-0.1, -0.05) is 30.3 Å². The van der Waals surface area contributed by atoms with Gasteiger partial charge in [0.25, 0.3) is 5.91 Å². The van der Waals surface area contributed by atoms with Crippen LogP contribution in [0.3, 0.4) is 0 Å². The highest BCUT2D eigenvalue weighted by Crippen LogP contribution is 2.23. The first kappa shape index (κ1) is 15.1. The van der Waals surface area contributed by atoms with Crippen molar-refractivity contribution in [3.8, 4) is 10.6 Å². The molecule has 0 unspecified atom stereocenters. The van der Waals surface area contributed by atoms with Crippen molar-refractivity contribution in [1.29, 1.82) is 0 Å². The molecule has 0 saturated carbocycles. The molecule has 6 heteroatoms. The Morgan fingerprint density at radius 3 is 2.91 bits per heavy atom. The van der Waals surface area contributed by atoms with Gasteiger partial charge in [-0.2, -0.15) is 0 Å². The van der Waals surface area contributed by atoms with Gasteiger partial charge in [-0.25, -0.2) is 4.98 Å². The van der Waals surface area contributed by atoms with Crippen LogP contribution in [0.4, 0.5) is 0 Å². The molecule has 0 bridgehead atoms. The number of likely N-dealkylation sites (N-methyl/N-ethyl adjacent to an activating group) is 1. The number of amides is 1. The minimum Gasteiger partial charge on any atom is -0.376 e. The van der Waals surface area contributed by atoms with E-state index in [-0.39, 0.29) is 5.91 Å². The summed E-state index contributed by atoms with van der Waals surface area (Å²) in [6.45, 7) is 1.83. The number of hydrogen-bond donors (Lipinski definition) is 0. The van der Waals surface area contributed by atoms with Gasteiger partial charge in [-0.3, -0.25) is 4.79 Å². The highest BCUT2D eigenvalue weighted by Gasteiger charge is 2.26. The van der Waals surface area contributed by atoms with E-state index < -0.39 is 6.10 Å². The van der Waals surface area contributed by atoms with Gasteiger partial charge in [0, 0.05) is 18.0 Å². The number of rotatable bonds is 4. The predicted molar refractivity (Wildman–Crippen MR) is 84.6 cm³/mol. The first-order chi connectivity index (χ1) is 10.7. The average molecular weight is 318 g/mol. The molecule has 2 aromatic rings. The van der Waals surface area contributed by atoms with E-state index in [2.05, 4.69) is 4.98 Å². The van der Waals surface area contributed by atoms with Gasteiger partial charge in [0.05, 0.1) is 32.1 Å². The fourth-order valence-corrected chi connectivity index (χ4v) is 3.11. The van der Waals surface area contributed by atoms with Crippen LogP contribution in [-0.4, -0.2) is 48.8 Å². The zero-order chi connectivity index (χ0) is 15.4. The van der Waals surface area contributed by atoms with Crippen LogP contribution in [0, 0.1) is 0 Å². The summed E-state index contributed by atoms with van der Waals surface area (Å²) in [5.74, 6) is -0.0611. The van der Waals surface area contributed by atoms with E-state index in [4.69, 9.17) is 9.47 Å². The van der Waals surface area contributed by atoms with Gasteiger partial charge in [0.15, 0.2) is 6.10 Å². The molecule has 0 aliphatic carbocycles. The van der Waals surface area contributed by atoms with Crippen molar-refractivity contribution in [1.82, 2.24) is 9.88 Å². The summed E-state index contributed by atoms with van der Waals surface area (Å²) >= 11 is 1.59. The van der Waals surface area contributed by atoms with Crippen molar-refractivity contribution in [3.63, 3.8) is 0 Å². The fourth-order valence-electron chi connectivity index (χ4n) is 2.29. The molecule has 0 N–H and O–H groups in total. The summed E-state index contributed by atoms with van der Waals surface area (Å²) in [6, 6.07) is 10.0. The molecule has 1 amide bonds. The Bertz CT molecular complexity index is 623. The number of thiazole rings is 1. The molecule has 1 aromatic carbocycles. The molecule has 2 heterocycles. The van der Waals surface area contributed by atoms with Crippen LogP contribution >= 0.6 is 11.3 Å². The molecule has 5 nitrogen and oxygen atoms in total. The van der Waals surface area contributed by atoms with Crippen molar-refractivity contribution >= 4 is 17.2 Å². The van der Waals surface area contributed by atoms with E-state index in [0.717, 1.165) is 16.3 Å². The van der Waals surface area contributed by atoms with Crippen molar-refractivity contribution in [2.24, 2.45) is 0 Å². The number of hydrogen-bond acceptors (Lipinski definition) is 5. The zero-order valence-corrected chi connectivity index (χ0v) is 13.2. The number of carbonyl (C=O) groups excluding carboxylic acids is 1. The van der Waals surface area contributed by atoms with Crippen molar-refractivity contribution < 1.29 is 14.3 Å². The van der Waals surface area contributed by atoms with Crippen LogP contribution < -0.4 is 0 Å². The Morgan fingerprint density at radius 1 is 1.36 bits per heavy atom. The summed E-state index contributed by atoms with van der Waals surface area (Å²) in [5, 5.41) is 2.96. The number of ether oxygens (including phenoxy) is 2. The molecule has 22 heavy (non-hydrogen) atoms. The molecule has 116 valence electrons. The van der Waals surface area contributed by atoms with Gasteiger partial charge in [0.1, 0.15) is 5.01 Å². The Kier molecular flexibility index (Phi) is 4.82. The van der Waals surface area contributed by atoms with Crippen molar-refractivity contribution in [2.75, 3.05) is 26.9 Å². The number of aromatic nitrogens is 1. The molecule has 1 fully saturated rings. The molecule has 0 spiro atoms. The van der Waals surface area contributed by atoms with Gasteiger partial charge in [-0.15, -0.1) is 11.3 Å². The van der Waals surface area contributed by atoms with E-state index in [1.165, 1.54) is 0 Å². The Balaban J connectivity index is 1.63. The molecule has 1 atom stereocenters. The fraction of sp³-hybridized carbons (Fsp3) is 0.375. The molecule has 1 aromatic heterocycles. The normalized spacial score (nSPS) is 18.1. The minimum absolute atomic E-state index is 0.0611. The molecule has 1 aliphatic rings. The number of benzene rings is 1. The second-order valence-electron chi connectivity index (χ2n) is 5.14. The third kappa shape index (κ3) is 3.52. The quantitative estimate of drug-likeness (QED) is 0.867. The maximum atomic E-state index is 12.3. The lowest BCUT2D eigenvalue weighted by Gasteiger charge is -2.26. The molecular weight excluding hydrogens is 300 g/mol. The number of carbonyl (C=O) groups is 1. The van der Waals surface area contributed by atoms with Gasteiger partial charge in [0.2, 0.25) is 0 Å². The van der Waals surface area contributed by atoms with Crippen molar-refractivity contribution in [2.45, 2.75) is 12.6 Å². The maximum absolute atomic E-state index is 12.3. The Hall–Kier alpha value is -1.76. The molecule has 1 aliphatic heterocycles. The lowest BCUT2D eigenvalue weighted by molar-refractivity contribution is -0.157. The SMILES string of the molecule is CN(Cc1csc(-c2ccccc2)n1)C(=O)[C@@H]1COCCO1. The van der Waals surface area contributed by atoms with Gasteiger partial charge < -0.3 is 14.4 Å². The highest BCUT2D eigenvalue weighted by atomic mass is 32.1. The zero-order valence-electron chi connectivity index (χ0n) is 12.4. The lowest BCUT2D eigenvalue weighted by atomic mass is 10.2. The largest absolute Gasteiger partial charge is 0.376 e. The Labute approximate surface area is 133 Å². The number of nitrogens with zero attached hydrogens (tertiary/aromatic N) is 2. The molecule has 1 saturated heterocycles. The third-order valence-corrected chi connectivity index (χ3v) is 4.38. The van der Waals surface area contributed by atoms with Gasteiger partial charge >= 0.3 is 0 Å². The van der Waals surface area contributed by atoms with Gasteiger partial charge in [-0.05, 0) is 0 Å². The topological polar surface area (TPSA) is 51.7 Å². The predicted octanol–water partition coefficient (Wildman–Crippen LogP) is 2.18. The second-order valence-corrected chi connectivity index (χ2v) is 6.00. The standard InChI is InChI=1S/C16H18N2O3S/c1-18(16(19)14-10-20-7-8-21-14)9-13-11-22-15(17-13)12-5-3-2-4-6-12/h2-6,11,14H,7-10H2,1H3/t14-/m0/s1. The summed E-state index contributed by atoms with van der Waals surface area (Å²) in [4.78, 5) is 18.5. The van der Waals surface area contributed by atoms with Crippen LogP contribution in [0.2, 0.25) is 0 Å². The average Bonchev–Trinajstić information content (AvgIpc) is 3.04. The second kappa shape index (κ2) is 7.00. The monoisotopic (exact) mass is 318 g/mol. The highest BCUT2D eigenvalue weighted by molar-refractivity contribution is 7.13. The minimum atomic E-state index is -0.494. The summed E-state index contributed by atoms with van der Waals surface area (Å²) in [6.07, 6.45) is -0.494. The van der Waals surface area contributed by atoms with E-state index in [9.17, 15) is 4.79 Å². The van der Waals surface area contributed by atoms with Crippen molar-refractivity contribution in [3.05, 3.63) is 41.4 Å². The Morgan fingerprint density at radius 2 is 2.18 bits per heavy atom. The first-order valence-electron chi connectivity index (χ1n) is 7.18. The van der Waals surface area contributed by atoms with Crippen LogP contribution in [0.1, 0.15) is 5.69 Å². The molecule has 0 radical (unpaired) electrons. The smallest absolute Gasteiger partial charge is 0.254 e. The van der Waals surface area contributed by atoms with E-state index in [0.29, 0.717) is 26.4 Å².